The first-order chi connectivity index (χ1) is 11.7. The molecule has 0 saturated heterocycles. The van der Waals surface area contributed by atoms with Crippen LogP contribution in [0, 0.1) is 0 Å². The molecule has 0 aliphatic heterocycles. The number of carbonyl (C=O) groups excluding carboxylic acids is 1. The summed E-state index contributed by atoms with van der Waals surface area (Å²) in [6.45, 7) is 2.61. The average Bonchev–Trinajstić information content (AvgIpc) is 2.80. The van der Waals surface area contributed by atoms with Gasteiger partial charge >= 0.3 is 0 Å². The summed E-state index contributed by atoms with van der Waals surface area (Å²) in [4.78, 5) is 19.9. The van der Waals surface area contributed by atoms with E-state index in [0.717, 1.165) is 34.8 Å². The Morgan fingerprint density at radius 1 is 1.32 bits per heavy atom. The molecule has 1 aliphatic carbocycles. The maximum absolute atomic E-state index is 12.2. The lowest BCUT2D eigenvalue weighted by Gasteiger charge is -2.15. The zero-order chi connectivity index (χ0) is 16.8. The molecular weight excluding hydrogens is 358 g/mol. The third kappa shape index (κ3) is 5.82. The minimum absolute atomic E-state index is 0. The molecule has 1 heterocycles. The zero-order valence-corrected chi connectivity index (χ0v) is 16.2. The van der Waals surface area contributed by atoms with Gasteiger partial charge in [0, 0.05) is 12.1 Å². The lowest BCUT2D eigenvalue weighted by Crippen LogP contribution is -2.35. The highest BCUT2D eigenvalue weighted by molar-refractivity contribution is 7.99. The third-order valence-electron chi connectivity index (χ3n) is 4.30. The molecule has 1 aromatic carbocycles. The number of benzene rings is 1. The predicted octanol–water partition coefficient (Wildman–Crippen LogP) is 4.31. The van der Waals surface area contributed by atoms with Crippen molar-refractivity contribution in [1.82, 2.24) is 15.3 Å². The van der Waals surface area contributed by atoms with Crippen LogP contribution < -0.4 is 10.1 Å². The van der Waals surface area contributed by atoms with E-state index in [9.17, 15) is 4.79 Å². The topological polar surface area (TPSA) is 67.0 Å². The van der Waals surface area contributed by atoms with Crippen LogP contribution in [0.1, 0.15) is 45.4 Å². The summed E-state index contributed by atoms with van der Waals surface area (Å²) < 4.78 is 5.50. The Kier molecular flexibility index (Phi) is 7.90. The van der Waals surface area contributed by atoms with Gasteiger partial charge in [0.1, 0.15) is 5.75 Å². The van der Waals surface area contributed by atoms with Crippen molar-refractivity contribution in [2.75, 3.05) is 12.4 Å². The number of hydrogen-bond acceptors (Lipinski definition) is 4. The van der Waals surface area contributed by atoms with Crippen LogP contribution in [0.3, 0.4) is 0 Å². The molecule has 0 bridgehead atoms. The highest BCUT2D eigenvalue weighted by Crippen LogP contribution is 2.23. The van der Waals surface area contributed by atoms with Crippen LogP contribution >= 0.6 is 24.2 Å². The monoisotopic (exact) mass is 383 g/mol. The van der Waals surface area contributed by atoms with Gasteiger partial charge in [0.25, 0.3) is 0 Å². The molecule has 0 atom stereocenters. The third-order valence-corrected chi connectivity index (χ3v) is 5.18. The van der Waals surface area contributed by atoms with Crippen LogP contribution in [0.25, 0.3) is 11.0 Å². The van der Waals surface area contributed by atoms with E-state index in [1.54, 1.807) is 0 Å². The quantitative estimate of drug-likeness (QED) is 0.576. The van der Waals surface area contributed by atoms with Crippen molar-refractivity contribution in [3.05, 3.63) is 18.2 Å². The number of nitrogens with one attached hydrogen (secondary N) is 2. The average molecular weight is 384 g/mol. The summed E-state index contributed by atoms with van der Waals surface area (Å²) in [6, 6.07) is 6.15. The number of ether oxygens (including phenoxy) is 1. The number of nitrogens with zero attached hydrogens (tertiary/aromatic N) is 1. The number of H-pyrrole nitrogens is 1. The van der Waals surface area contributed by atoms with Crippen molar-refractivity contribution in [2.24, 2.45) is 0 Å². The summed E-state index contributed by atoms with van der Waals surface area (Å²) in [6.07, 6.45) is 7.27. The number of imidazole rings is 1. The molecule has 138 valence electrons. The maximum atomic E-state index is 12.2. The van der Waals surface area contributed by atoms with E-state index in [2.05, 4.69) is 15.3 Å². The van der Waals surface area contributed by atoms with Gasteiger partial charge in [0.15, 0.2) is 5.16 Å². The summed E-state index contributed by atoms with van der Waals surface area (Å²) in [5, 5.41) is 3.94. The molecule has 1 fully saturated rings. The van der Waals surface area contributed by atoms with Gasteiger partial charge in [0.05, 0.1) is 23.4 Å². The molecule has 1 aromatic heterocycles. The molecule has 0 spiro atoms. The van der Waals surface area contributed by atoms with E-state index in [1.165, 1.54) is 37.4 Å². The van der Waals surface area contributed by atoms with Gasteiger partial charge < -0.3 is 15.0 Å². The number of aromatic amines is 1. The standard InChI is InChI=1S/C18H25N3O2S.ClH/c1-2-23-14-9-10-15-16(11-14)21-18(20-15)24-12-17(22)19-13-7-5-3-4-6-8-13;/h9-11,13H,2-8,12H2,1H3,(H,19,22)(H,20,21);1H. The lowest BCUT2D eigenvalue weighted by atomic mass is 10.1. The molecule has 1 aliphatic rings. The number of carbonyl (C=O) groups is 1. The molecule has 25 heavy (non-hydrogen) atoms. The maximum Gasteiger partial charge on any atom is 0.230 e. The highest BCUT2D eigenvalue weighted by Gasteiger charge is 2.15. The van der Waals surface area contributed by atoms with Gasteiger partial charge in [-0.3, -0.25) is 4.79 Å². The van der Waals surface area contributed by atoms with Crippen LogP contribution in [-0.4, -0.2) is 34.3 Å². The molecule has 1 amide bonds. The second-order valence-corrected chi connectivity index (χ2v) is 7.16. The first kappa shape index (κ1) is 19.9. The Morgan fingerprint density at radius 3 is 2.80 bits per heavy atom. The van der Waals surface area contributed by atoms with E-state index in [-0.39, 0.29) is 18.3 Å². The van der Waals surface area contributed by atoms with Crippen LogP contribution in [0.15, 0.2) is 23.4 Å². The van der Waals surface area contributed by atoms with Crippen molar-refractivity contribution >= 4 is 41.1 Å². The second-order valence-electron chi connectivity index (χ2n) is 6.20. The number of thioether (sulfide) groups is 1. The van der Waals surface area contributed by atoms with Crippen LogP contribution in [0.5, 0.6) is 5.75 Å². The Bertz CT molecular complexity index is 684. The van der Waals surface area contributed by atoms with E-state index in [4.69, 9.17) is 4.74 Å². The minimum atomic E-state index is 0. The molecule has 1 saturated carbocycles. The number of fused-ring (bicyclic) bond motifs is 1. The van der Waals surface area contributed by atoms with Gasteiger partial charge in [-0.1, -0.05) is 37.4 Å². The Morgan fingerprint density at radius 2 is 2.08 bits per heavy atom. The normalized spacial score (nSPS) is 15.4. The number of amides is 1. The molecule has 0 unspecified atom stereocenters. The number of hydrogen-bond donors (Lipinski definition) is 2. The van der Waals surface area contributed by atoms with Gasteiger partial charge in [0.2, 0.25) is 5.91 Å². The van der Waals surface area contributed by atoms with E-state index >= 15 is 0 Å². The summed E-state index contributed by atoms with van der Waals surface area (Å²) >= 11 is 1.45. The van der Waals surface area contributed by atoms with Crippen LogP contribution in [0.2, 0.25) is 0 Å². The van der Waals surface area contributed by atoms with E-state index in [0.29, 0.717) is 18.4 Å². The molecule has 3 rings (SSSR count). The zero-order valence-electron chi connectivity index (χ0n) is 14.5. The molecule has 0 radical (unpaired) electrons. The van der Waals surface area contributed by atoms with Crippen molar-refractivity contribution < 1.29 is 9.53 Å². The van der Waals surface area contributed by atoms with Gasteiger partial charge in [-0.25, -0.2) is 4.98 Å². The molecule has 2 N–H and O–H groups in total. The summed E-state index contributed by atoms with van der Waals surface area (Å²) in [5.41, 5.74) is 1.83. The van der Waals surface area contributed by atoms with Gasteiger partial charge in [-0.15, -0.1) is 12.4 Å². The predicted molar refractivity (Wildman–Crippen MR) is 105 cm³/mol. The largest absolute Gasteiger partial charge is 0.494 e. The molecule has 7 heteroatoms. The first-order valence-electron chi connectivity index (χ1n) is 8.79. The minimum Gasteiger partial charge on any atom is -0.494 e. The van der Waals surface area contributed by atoms with Gasteiger partial charge in [-0.05, 0) is 31.9 Å². The van der Waals surface area contributed by atoms with Gasteiger partial charge in [-0.2, -0.15) is 0 Å². The number of rotatable bonds is 6. The van der Waals surface area contributed by atoms with Crippen molar-refractivity contribution in [1.29, 1.82) is 0 Å². The molecule has 2 aromatic rings. The fraction of sp³-hybridized carbons (Fsp3) is 0.556. The molecule has 5 nitrogen and oxygen atoms in total. The fourth-order valence-corrected chi connectivity index (χ4v) is 3.81. The van der Waals surface area contributed by atoms with Crippen molar-refractivity contribution in [3.63, 3.8) is 0 Å². The van der Waals surface area contributed by atoms with Crippen LogP contribution in [0.4, 0.5) is 0 Å². The molecular formula is C18H26ClN3O2S. The van der Waals surface area contributed by atoms with E-state index < -0.39 is 0 Å². The lowest BCUT2D eigenvalue weighted by molar-refractivity contribution is -0.119. The van der Waals surface area contributed by atoms with E-state index in [1.807, 2.05) is 25.1 Å². The first-order valence-corrected chi connectivity index (χ1v) is 9.78. The number of halogens is 1. The fourth-order valence-electron chi connectivity index (χ4n) is 3.12. The second kappa shape index (κ2) is 9.92. The smallest absolute Gasteiger partial charge is 0.230 e. The summed E-state index contributed by atoms with van der Waals surface area (Å²) in [5.74, 6) is 1.33. The Labute approximate surface area is 159 Å². The summed E-state index contributed by atoms with van der Waals surface area (Å²) in [7, 11) is 0. The van der Waals surface area contributed by atoms with Crippen molar-refractivity contribution in [3.8, 4) is 5.75 Å². The Balaban J connectivity index is 0.00000225. The Hall–Kier alpha value is -1.40. The highest BCUT2D eigenvalue weighted by atomic mass is 35.5. The SMILES string of the molecule is CCOc1ccc2nc(SCC(=O)NC3CCCCCC3)[nH]c2c1.Cl. The van der Waals surface area contributed by atoms with Crippen LogP contribution in [-0.2, 0) is 4.79 Å². The van der Waals surface area contributed by atoms with Crippen molar-refractivity contribution in [2.45, 2.75) is 56.6 Å². The number of aromatic nitrogens is 2.